The number of piperidine rings is 1. The molecular formula is C20H29ClN4O2S. The number of amides is 1. The quantitative estimate of drug-likeness (QED) is 0.724. The van der Waals surface area contributed by atoms with E-state index in [-0.39, 0.29) is 23.9 Å². The first-order valence-electron chi connectivity index (χ1n) is 9.84. The lowest BCUT2D eigenvalue weighted by Gasteiger charge is -2.40. The van der Waals surface area contributed by atoms with Crippen LogP contribution in [0.4, 0.5) is 0 Å². The zero-order chi connectivity index (χ0) is 18.9. The molecule has 0 bridgehead atoms. The summed E-state index contributed by atoms with van der Waals surface area (Å²) in [6, 6.07) is 4.16. The van der Waals surface area contributed by atoms with Crippen LogP contribution in [0.1, 0.15) is 50.8 Å². The largest absolute Gasteiger partial charge is 0.370 e. The summed E-state index contributed by atoms with van der Waals surface area (Å²) in [7, 11) is 0. The Labute approximate surface area is 176 Å². The minimum atomic E-state index is -0.177. The van der Waals surface area contributed by atoms with Crippen LogP contribution in [-0.2, 0) is 23.3 Å². The molecular weight excluding hydrogens is 396 g/mol. The molecule has 6 nitrogen and oxygen atoms in total. The van der Waals surface area contributed by atoms with Crippen LogP contribution in [0.15, 0.2) is 12.1 Å². The number of thiophene rings is 1. The van der Waals surface area contributed by atoms with Crippen molar-refractivity contribution in [1.29, 1.82) is 0 Å². The first-order chi connectivity index (χ1) is 13.1. The average molecular weight is 425 g/mol. The average Bonchev–Trinajstić information content (AvgIpc) is 3.23. The van der Waals surface area contributed by atoms with Gasteiger partial charge in [0.25, 0.3) is 5.91 Å². The standard InChI is InChI=1S/C20H28N4O2S.ClH/c1-14-12-15(2)24(23-14)10-3-7-22-19(25)18-13-16-17(27-18)4-11-26-20(16)5-8-21-9-6-20;/h12-13,21H,3-11H2,1-2H3,(H,22,25);1H. The van der Waals surface area contributed by atoms with Gasteiger partial charge in [-0.1, -0.05) is 0 Å². The van der Waals surface area contributed by atoms with Crippen molar-refractivity contribution in [2.45, 2.75) is 51.7 Å². The topological polar surface area (TPSA) is 68.2 Å². The van der Waals surface area contributed by atoms with Gasteiger partial charge in [0.2, 0.25) is 0 Å². The van der Waals surface area contributed by atoms with Crippen LogP contribution in [0.3, 0.4) is 0 Å². The van der Waals surface area contributed by atoms with Crippen molar-refractivity contribution < 1.29 is 9.53 Å². The third-order valence-corrected chi connectivity index (χ3v) is 6.77. The molecule has 0 atom stereocenters. The molecule has 1 spiro atoms. The van der Waals surface area contributed by atoms with Gasteiger partial charge in [-0.3, -0.25) is 9.48 Å². The summed E-state index contributed by atoms with van der Waals surface area (Å²) < 4.78 is 8.22. The van der Waals surface area contributed by atoms with Crippen LogP contribution < -0.4 is 10.6 Å². The number of hydrogen-bond donors (Lipinski definition) is 2. The summed E-state index contributed by atoms with van der Waals surface area (Å²) in [6.07, 6.45) is 3.76. The van der Waals surface area contributed by atoms with Crippen LogP contribution in [0.5, 0.6) is 0 Å². The predicted octanol–water partition coefficient (Wildman–Crippen LogP) is 2.95. The molecule has 2 aliphatic rings. The van der Waals surface area contributed by atoms with Crippen LogP contribution >= 0.6 is 23.7 Å². The second-order valence-electron chi connectivity index (χ2n) is 7.55. The maximum absolute atomic E-state index is 12.6. The zero-order valence-corrected chi connectivity index (χ0v) is 18.2. The second kappa shape index (κ2) is 8.95. The minimum Gasteiger partial charge on any atom is -0.370 e. The Morgan fingerprint density at radius 2 is 2.14 bits per heavy atom. The van der Waals surface area contributed by atoms with Crippen molar-refractivity contribution in [3.05, 3.63) is 38.8 Å². The van der Waals surface area contributed by atoms with E-state index in [4.69, 9.17) is 4.74 Å². The van der Waals surface area contributed by atoms with E-state index in [1.54, 1.807) is 11.3 Å². The lowest BCUT2D eigenvalue weighted by atomic mass is 9.83. The summed E-state index contributed by atoms with van der Waals surface area (Å²) in [5, 5.41) is 10.9. The fourth-order valence-corrected chi connectivity index (χ4v) is 5.34. The summed E-state index contributed by atoms with van der Waals surface area (Å²) in [6.45, 7) is 8.26. The monoisotopic (exact) mass is 424 g/mol. The number of ether oxygens (including phenoxy) is 1. The number of aromatic nitrogens is 2. The third kappa shape index (κ3) is 4.27. The second-order valence-corrected chi connectivity index (χ2v) is 8.69. The highest BCUT2D eigenvalue weighted by molar-refractivity contribution is 7.14. The van der Waals surface area contributed by atoms with E-state index in [2.05, 4.69) is 34.8 Å². The Morgan fingerprint density at radius 1 is 1.36 bits per heavy atom. The van der Waals surface area contributed by atoms with Gasteiger partial charge in [-0.2, -0.15) is 5.10 Å². The Hall–Kier alpha value is -1.41. The highest BCUT2D eigenvalue weighted by Crippen LogP contribution is 2.43. The van der Waals surface area contributed by atoms with Crippen molar-refractivity contribution in [2.24, 2.45) is 0 Å². The number of carbonyl (C=O) groups excluding carboxylic acids is 1. The molecule has 4 rings (SSSR count). The van der Waals surface area contributed by atoms with Crippen molar-refractivity contribution in [2.75, 3.05) is 26.2 Å². The number of halogens is 1. The number of carbonyl (C=O) groups is 1. The van der Waals surface area contributed by atoms with E-state index in [9.17, 15) is 4.79 Å². The van der Waals surface area contributed by atoms with E-state index in [1.165, 1.54) is 10.4 Å². The van der Waals surface area contributed by atoms with Crippen LogP contribution in [-0.4, -0.2) is 41.9 Å². The van der Waals surface area contributed by atoms with Gasteiger partial charge in [0, 0.05) is 30.1 Å². The van der Waals surface area contributed by atoms with Gasteiger partial charge in [-0.25, -0.2) is 0 Å². The van der Waals surface area contributed by atoms with E-state index >= 15 is 0 Å². The van der Waals surface area contributed by atoms with Gasteiger partial charge in [-0.05, 0) is 63.9 Å². The van der Waals surface area contributed by atoms with E-state index in [1.807, 2.05) is 11.6 Å². The smallest absolute Gasteiger partial charge is 0.261 e. The molecule has 4 heterocycles. The molecule has 0 aliphatic carbocycles. The number of hydrogen-bond acceptors (Lipinski definition) is 5. The van der Waals surface area contributed by atoms with Gasteiger partial charge >= 0.3 is 0 Å². The molecule has 1 amide bonds. The SMILES string of the molecule is Cc1cc(C)n(CCCNC(=O)c2cc3c(s2)CCOC32CCNCC2)n1.Cl. The molecule has 1 fully saturated rings. The van der Waals surface area contributed by atoms with E-state index < -0.39 is 0 Å². The zero-order valence-electron chi connectivity index (χ0n) is 16.5. The molecule has 2 aromatic rings. The third-order valence-electron chi connectivity index (χ3n) is 5.58. The Balaban J connectivity index is 0.00000225. The summed E-state index contributed by atoms with van der Waals surface area (Å²) in [4.78, 5) is 14.8. The molecule has 28 heavy (non-hydrogen) atoms. The van der Waals surface area contributed by atoms with Gasteiger partial charge in [0.1, 0.15) is 0 Å². The lowest BCUT2D eigenvalue weighted by Crippen LogP contribution is -2.44. The van der Waals surface area contributed by atoms with Crippen molar-refractivity contribution in [3.8, 4) is 0 Å². The highest BCUT2D eigenvalue weighted by atomic mass is 35.5. The molecule has 154 valence electrons. The summed E-state index contributed by atoms with van der Waals surface area (Å²) >= 11 is 1.64. The van der Waals surface area contributed by atoms with E-state index in [0.29, 0.717) is 6.54 Å². The fourth-order valence-electron chi connectivity index (χ4n) is 4.19. The Bertz CT molecular complexity index is 826. The Morgan fingerprint density at radius 3 is 2.86 bits per heavy atom. The van der Waals surface area contributed by atoms with E-state index in [0.717, 1.165) is 68.2 Å². The van der Waals surface area contributed by atoms with Crippen LogP contribution in [0.2, 0.25) is 0 Å². The summed E-state index contributed by atoms with van der Waals surface area (Å²) in [5.41, 5.74) is 3.28. The fraction of sp³-hybridized carbons (Fsp3) is 0.600. The molecule has 1 saturated heterocycles. The van der Waals surface area contributed by atoms with Gasteiger partial charge < -0.3 is 15.4 Å². The maximum Gasteiger partial charge on any atom is 0.261 e. The first-order valence-corrected chi connectivity index (χ1v) is 10.7. The summed E-state index contributed by atoms with van der Waals surface area (Å²) in [5.74, 6) is 0.0341. The molecule has 0 saturated carbocycles. The van der Waals surface area contributed by atoms with Gasteiger partial charge in [-0.15, -0.1) is 23.7 Å². The molecule has 0 radical (unpaired) electrons. The number of fused-ring (bicyclic) bond motifs is 2. The highest BCUT2D eigenvalue weighted by Gasteiger charge is 2.40. The molecule has 2 aliphatic heterocycles. The van der Waals surface area contributed by atoms with Crippen molar-refractivity contribution in [1.82, 2.24) is 20.4 Å². The van der Waals surface area contributed by atoms with Crippen LogP contribution in [0, 0.1) is 13.8 Å². The maximum atomic E-state index is 12.6. The van der Waals surface area contributed by atoms with Crippen LogP contribution in [0.25, 0.3) is 0 Å². The Kier molecular flexibility index (Phi) is 6.81. The molecule has 8 heteroatoms. The number of aryl methyl sites for hydroxylation is 3. The number of nitrogens with one attached hydrogen (secondary N) is 2. The normalized spacial score (nSPS) is 17.8. The number of nitrogens with zero attached hydrogens (tertiary/aromatic N) is 2. The lowest BCUT2D eigenvalue weighted by molar-refractivity contribution is -0.0792. The van der Waals surface area contributed by atoms with Crippen molar-refractivity contribution >= 4 is 29.7 Å². The molecule has 0 unspecified atom stereocenters. The van der Waals surface area contributed by atoms with Crippen molar-refractivity contribution in [3.63, 3.8) is 0 Å². The molecule has 0 aromatic carbocycles. The molecule has 2 N–H and O–H groups in total. The van der Waals surface area contributed by atoms with Gasteiger partial charge in [0.15, 0.2) is 0 Å². The molecule has 2 aromatic heterocycles. The first kappa shape index (κ1) is 21.3. The van der Waals surface area contributed by atoms with Gasteiger partial charge in [0.05, 0.1) is 22.8 Å². The minimum absolute atomic E-state index is 0. The predicted molar refractivity (Wildman–Crippen MR) is 114 cm³/mol. The number of rotatable bonds is 5.